The van der Waals surface area contributed by atoms with E-state index < -0.39 is 0 Å². The standard InChI is InChI=1S/C19H26O2/c1-11-9-13(20)10-12-3-4-14-15(18(11)12)7-8-19(2)16(14)5-6-17(19)21/h9-10,14-17,20-21H,3-8H2,1-2H3/t14-,15+,16+,17?,19+/m1/s1. The number of benzene rings is 1. The zero-order valence-electron chi connectivity index (χ0n) is 13.1. The van der Waals surface area contributed by atoms with Crippen molar-refractivity contribution < 1.29 is 10.2 Å². The molecule has 2 N–H and O–H groups in total. The fraction of sp³-hybridized carbons (Fsp3) is 0.684. The van der Waals surface area contributed by atoms with Crippen LogP contribution in [-0.4, -0.2) is 16.3 Å². The highest BCUT2D eigenvalue weighted by Gasteiger charge is 2.54. The molecule has 0 amide bonds. The summed E-state index contributed by atoms with van der Waals surface area (Å²) in [6.45, 7) is 4.48. The van der Waals surface area contributed by atoms with Crippen LogP contribution in [0.4, 0.5) is 0 Å². The lowest BCUT2D eigenvalue weighted by molar-refractivity contribution is -0.0227. The van der Waals surface area contributed by atoms with Crippen LogP contribution in [0.5, 0.6) is 5.75 Å². The molecular weight excluding hydrogens is 260 g/mol. The van der Waals surface area contributed by atoms with E-state index in [1.54, 1.807) is 0 Å². The molecule has 0 saturated heterocycles. The number of hydrogen-bond acceptors (Lipinski definition) is 2. The Morgan fingerprint density at radius 1 is 1.14 bits per heavy atom. The topological polar surface area (TPSA) is 40.5 Å². The maximum atomic E-state index is 10.4. The number of phenolic OH excluding ortho intramolecular Hbond substituents is 1. The Labute approximate surface area is 127 Å². The highest BCUT2D eigenvalue weighted by Crippen LogP contribution is 2.61. The summed E-state index contributed by atoms with van der Waals surface area (Å²) in [4.78, 5) is 0. The molecule has 114 valence electrons. The quantitative estimate of drug-likeness (QED) is 0.759. The minimum Gasteiger partial charge on any atom is -0.508 e. The second-order valence-corrected chi connectivity index (χ2v) is 7.89. The van der Waals surface area contributed by atoms with Gasteiger partial charge in [0.1, 0.15) is 5.75 Å². The molecule has 0 aromatic heterocycles. The molecule has 2 nitrogen and oxygen atoms in total. The van der Waals surface area contributed by atoms with Crippen molar-refractivity contribution in [3.8, 4) is 5.75 Å². The van der Waals surface area contributed by atoms with Crippen LogP contribution in [-0.2, 0) is 6.42 Å². The van der Waals surface area contributed by atoms with Crippen LogP contribution in [0.15, 0.2) is 12.1 Å². The van der Waals surface area contributed by atoms with Gasteiger partial charge in [0, 0.05) is 0 Å². The van der Waals surface area contributed by atoms with Crippen molar-refractivity contribution in [3.05, 3.63) is 28.8 Å². The number of rotatable bonds is 0. The Morgan fingerprint density at radius 3 is 2.76 bits per heavy atom. The number of aromatic hydroxyl groups is 1. The van der Waals surface area contributed by atoms with Crippen molar-refractivity contribution in [2.45, 2.75) is 64.4 Å². The van der Waals surface area contributed by atoms with E-state index in [2.05, 4.69) is 13.8 Å². The summed E-state index contributed by atoms with van der Waals surface area (Å²) in [7, 11) is 0. The number of aliphatic hydroxyl groups is 1. The fourth-order valence-corrected chi connectivity index (χ4v) is 5.93. The van der Waals surface area contributed by atoms with Crippen LogP contribution in [0, 0.1) is 24.2 Å². The summed E-state index contributed by atoms with van der Waals surface area (Å²) in [6.07, 6.45) is 6.78. The lowest BCUT2D eigenvalue weighted by Crippen LogP contribution is -2.44. The molecule has 3 aliphatic carbocycles. The Balaban J connectivity index is 1.75. The number of aliphatic hydroxyl groups excluding tert-OH is 1. The van der Waals surface area contributed by atoms with Gasteiger partial charge in [0.05, 0.1) is 6.10 Å². The highest BCUT2D eigenvalue weighted by atomic mass is 16.3. The maximum absolute atomic E-state index is 10.4. The lowest BCUT2D eigenvalue weighted by Gasteiger charge is -2.50. The smallest absolute Gasteiger partial charge is 0.116 e. The molecule has 0 spiro atoms. The molecule has 3 aliphatic rings. The van der Waals surface area contributed by atoms with Crippen molar-refractivity contribution in [3.63, 3.8) is 0 Å². The first-order valence-corrected chi connectivity index (χ1v) is 8.51. The summed E-state index contributed by atoms with van der Waals surface area (Å²) in [5.41, 5.74) is 4.31. The molecule has 1 aromatic carbocycles. The molecule has 5 atom stereocenters. The number of hydrogen-bond donors (Lipinski definition) is 2. The third kappa shape index (κ3) is 1.81. The van der Waals surface area contributed by atoms with E-state index in [1.807, 2.05) is 12.1 Å². The Kier molecular flexibility index (Phi) is 2.91. The van der Waals surface area contributed by atoms with Crippen molar-refractivity contribution in [2.75, 3.05) is 0 Å². The van der Waals surface area contributed by atoms with Gasteiger partial charge in [0.25, 0.3) is 0 Å². The molecule has 4 rings (SSSR count). The van der Waals surface area contributed by atoms with Crippen LogP contribution >= 0.6 is 0 Å². The summed E-state index contributed by atoms with van der Waals surface area (Å²) in [5, 5.41) is 20.3. The van der Waals surface area contributed by atoms with Gasteiger partial charge >= 0.3 is 0 Å². The van der Waals surface area contributed by atoms with Gasteiger partial charge in [0.15, 0.2) is 0 Å². The van der Waals surface area contributed by atoms with E-state index in [1.165, 1.54) is 36.0 Å². The first-order chi connectivity index (χ1) is 10.0. The predicted octanol–water partition coefficient (Wildman–Crippen LogP) is 3.92. The molecule has 0 bridgehead atoms. The minimum absolute atomic E-state index is 0.0919. The first kappa shape index (κ1) is 13.6. The molecule has 1 unspecified atom stereocenters. The maximum Gasteiger partial charge on any atom is 0.116 e. The van der Waals surface area contributed by atoms with Crippen molar-refractivity contribution >= 4 is 0 Å². The second kappa shape index (κ2) is 4.49. The monoisotopic (exact) mass is 286 g/mol. The SMILES string of the molecule is Cc1cc(O)cc2c1[C@H]1CC[C@]3(C)C(O)CC[C@H]3[C@@H]1CC2. The number of fused-ring (bicyclic) bond motifs is 5. The van der Waals surface area contributed by atoms with Crippen molar-refractivity contribution in [2.24, 2.45) is 17.3 Å². The van der Waals surface area contributed by atoms with Gasteiger partial charge in [-0.05, 0) is 97.4 Å². The van der Waals surface area contributed by atoms with E-state index in [-0.39, 0.29) is 11.5 Å². The van der Waals surface area contributed by atoms with Gasteiger partial charge in [-0.3, -0.25) is 0 Å². The van der Waals surface area contributed by atoms with E-state index in [9.17, 15) is 10.2 Å². The molecule has 0 heterocycles. The largest absolute Gasteiger partial charge is 0.508 e. The lowest BCUT2D eigenvalue weighted by atomic mass is 9.55. The number of phenols is 1. The average molecular weight is 286 g/mol. The highest BCUT2D eigenvalue weighted by molar-refractivity contribution is 5.45. The third-order valence-electron chi connectivity index (χ3n) is 6.96. The van der Waals surface area contributed by atoms with Crippen LogP contribution in [0.25, 0.3) is 0 Å². The van der Waals surface area contributed by atoms with Crippen LogP contribution in [0.1, 0.15) is 61.6 Å². The van der Waals surface area contributed by atoms with E-state index in [0.29, 0.717) is 17.6 Å². The van der Waals surface area contributed by atoms with E-state index in [0.717, 1.165) is 25.2 Å². The van der Waals surface area contributed by atoms with Gasteiger partial charge in [-0.2, -0.15) is 0 Å². The molecule has 2 fully saturated rings. The molecule has 1 aromatic rings. The Morgan fingerprint density at radius 2 is 1.95 bits per heavy atom. The van der Waals surface area contributed by atoms with Gasteiger partial charge in [-0.1, -0.05) is 6.92 Å². The van der Waals surface area contributed by atoms with Gasteiger partial charge < -0.3 is 10.2 Å². The minimum atomic E-state index is -0.0919. The zero-order chi connectivity index (χ0) is 14.8. The second-order valence-electron chi connectivity index (χ2n) is 7.89. The normalized spacial score (nSPS) is 41.3. The fourth-order valence-electron chi connectivity index (χ4n) is 5.93. The van der Waals surface area contributed by atoms with E-state index in [4.69, 9.17) is 0 Å². The summed E-state index contributed by atoms with van der Waals surface area (Å²) < 4.78 is 0. The Bertz CT molecular complexity index is 579. The van der Waals surface area contributed by atoms with Crippen molar-refractivity contribution in [1.29, 1.82) is 0 Å². The van der Waals surface area contributed by atoms with Gasteiger partial charge in [-0.25, -0.2) is 0 Å². The van der Waals surface area contributed by atoms with E-state index >= 15 is 0 Å². The molecule has 0 aliphatic heterocycles. The van der Waals surface area contributed by atoms with Gasteiger partial charge in [-0.15, -0.1) is 0 Å². The first-order valence-electron chi connectivity index (χ1n) is 8.51. The van der Waals surface area contributed by atoms with Crippen LogP contribution < -0.4 is 0 Å². The molecular formula is C19H26O2. The Hall–Kier alpha value is -1.02. The summed E-state index contributed by atoms with van der Waals surface area (Å²) in [5.74, 6) is 2.49. The third-order valence-corrected chi connectivity index (χ3v) is 6.96. The predicted molar refractivity (Wildman–Crippen MR) is 83.5 cm³/mol. The molecule has 2 saturated carbocycles. The molecule has 21 heavy (non-hydrogen) atoms. The van der Waals surface area contributed by atoms with Crippen molar-refractivity contribution in [1.82, 2.24) is 0 Å². The molecule has 2 heteroatoms. The van der Waals surface area contributed by atoms with Crippen LogP contribution in [0.2, 0.25) is 0 Å². The summed E-state index contributed by atoms with van der Waals surface area (Å²) >= 11 is 0. The summed E-state index contributed by atoms with van der Waals surface area (Å²) in [6, 6.07) is 3.91. The zero-order valence-corrected chi connectivity index (χ0v) is 13.1. The van der Waals surface area contributed by atoms with Crippen LogP contribution in [0.3, 0.4) is 0 Å². The molecule has 0 radical (unpaired) electrons. The van der Waals surface area contributed by atoms with Gasteiger partial charge in [0.2, 0.25) is 0 Å². The number of aryl methyl sites for hydroxylation is 2. The average Bonchev–Trinajstić information content (AvgIpc) is 2.74.